The van der Waals surface area contributed by atoms with E-state index in [1.807, 2.05) is 18.7 Å². The van der Waals surface area contributed by atoms with Gasteiger partial charge in [0, 0.05) is 25.9 Å². The first kappa shape index (κ1) is 77.2. The molecule has 0 spiro atoms. The van der Waals surface area contributed by atoms with Crippen LogP contribution in [-0.4, -0.2) is 205 Å². The molecule has 11 amide bonds. The van der Waals surface area contributed by atoms with Crippen LogP contribution >= 0.6 is 0 Å². The SMILES string of the molecule is CCN(CC)CC[C@@H]1NC(=O)[C@H](CCN)NC(=O)[C@H](CC(C)C)NC(=O)[C@@H](Cc2ccccc2)NC(=O)[C@H](CCN)NC(=O)[C@@H](NC(=O)[C@H](CCN)NC(=O)[C@@H](NC(=O)[C@H](CCN)NC(=O)CCCCC(C)C)[C@@H](C)O)CCNC(=O)[C@H]([C@@H](C)O)NC1=O. The van der Waals surface area contributed by atoms with E-state index in [1.54, 1.807) is 44.2 Å². The Bertz CT molecular complexity index is 2380. The minimum atomic E-state index is -1.70. The third-order valence-corrected chi connectivity index (χ3v) is 14.8. The highest BCUT2D eigenvalue weighted by molar-refractivity contribution is 5.99. The number of nitrogens with zero attached hydrogens (tertiary/aromatic N) is 1. The molecular formula is C59H104N16O13. The largest absolute Gasteiger partial charge is 0.391 e. The summed E-state index contributed by atoms with van der Waals surface area (Å²) < 4.78 is 0. The summed E-state index contributed by atoms with van der Waals surface area (Å²) in [6, 6.07) is -6.04. The Morgan fingerprint density at radius 2 is 1.08 bits per heavy atom. The normalized spacial score (nSPS) is 22.3. The molecule has 0 bridgehead atoms. The second-order valence-corrected chi connectivity index (χ2v) is 23.2. The van der Waals surface area contributed by atoms with Crippen LogP contribution in [0.1, 0.15) is 132 Å². The van der Waals surface area contributed by atoms with E-state index in [4.69, 9.17) is 22.9 Å². The molecule has 21 N–H and O–H groups in total. The standard InChI is InChI=1S/C59H104N16O13/c1-9-75(10-2)31-25-44-55(84)73-48(36(7)76)58(87)64-30-24-43(68-51(80)42(23-29-63)70-59(88)49(37(8)77)74-54(83)39(20-26-60)65-47(78)19-15-14-16-34(3)4)53(82)66-41(22-28-62)52(81)72-46(33-38-17-12-11-13-18-38)57(86)71-45(32-35(5)6)56(85)67-40(21-27-61)50(79)69-44/h11-13,17-18,34-37,39-46,48-49,76-77H,9-10,14-16,19-33,60-63H2,1-8H3,(H,64,87)(H,65,78)(H,66,82)(H,67,85)(H,68,80)(H,69,79)(H,70,88)(H,71,86)(H,72,81)(H,73,84)(H,74,83)/t36-,37-,39+,40+,41+,42+,43+,44+,45+,46-,48+,49+/m1/s1. The van der Waals surface area contributed by atoms with Crippen molar-refractivity contribution < 1.29 is 63.0 Å². The highest BCUT2D eigenvalue weighted by Gasteiger charge is 2.38. The van der Waals surface area contributed by atoms with Gasteiger partial charge in [-0.05, 0) is 122 Å². The van der Waals surface area contributed by atoms with Crippen LogP contribution in [-0.2, 0) is 59.2 Å². The number of hydrogen-bond acceptors (Lipinski definition) is 18. The number of amides is 11. The number of hydrogen-bond donors (Lipinski definition) is 17. The molecule has 1 aromatic carbocycles. The van der Waals surface area contributed by atoms with Gasteiger partial charge in [-0.2, -0.15) is 0 Å². The number of carbonyl (C=O) groups excluding carboxylic acids is 11. The van der Waals surface area contributed by atoms with E-state index < -0.39 is 151 Å². The molecule has 0 unspecified atom stereocenters. The van der Waals surface area contributed by atoms with Crippen molar-refractivity contribution in [3.05, 3.63) is 35.9 Å². The molecule has 0 radical (unpaired) electrons. The van der Waals surface area contributed by atoms with Crippen molar-refractivity contribution in [1.29, 1.82) is 0 Å². The van der Waals surface area contributed by atoms with Crippen LogP contribution in [0.5, 0.6) is 0 Å². The Balaban J connectivity index is 2.74. The van der Waals surface area contributed by atoms with Gasteiger partial charge in [0.25, 0.3) is 0 Å². The lowest BCUT2D eigenvalue weighted by Gasteiger charge is -2.29. The maximum absolute atomic E-state index is 14.6. The molecule has 1 fully saturated rings. The summed E-state index contributed by atoms with van der Waals surface area (Å²) in [5.41, 5.74) is 24.2. The molecule has 1 saturated heterocycles. The third kappa shape index (κ3) is 28.1. The molecule has 2 rings (SSSR count). The molecule has 12 atom stereocenters. The van der Waals surface area contributed by atoms with Crippen molar-refractivity contribution in [3.63, 3.8) is 0 Å². The summed E-state index contributed by atoms with van der Waals surface area (Å²) in [7, 11) is 0. The van der Waals surface area contributed by atoms with Gasteiger partial charge in [-0.15, -0.1) is 0 Å². The molecule has 0 saturated carbocycles. The lowest BCUT2D eigenvalue weighted by Crippen LogP contribution is -2.62. The molecule has 29 nitrogen and oxygen atoms in total. The van der Waals surface area contributed by atoms with E-state index in [1.165, 1.54) is 13.8 Å². The predicted octanol–water partition coefficient (Wildman–Crippen LogP) is -4.25. The van der Waals surface area contributed by atoms with Gasteiger partial charge >= 0.3 is 0 Å². The fourth-order valence-corrected chi connectivity index (χ4v) is 9.66. The van der Waals surface area contributed by atoms with Gasteiger partial charge in [-0.3, -0.25) is 52.7 Å². The topological polar surface area (TPSA) is 468 Å². The highest BCUT2D eigenvalue weighted by atomic mass is 16.3. The van der Waals surface area contributed by atoms with Crippen molar-refractivity contribution in [2.24, 2.45) is 34.8 Å². The van der Waals surface area contributed by atoms with Crippen LogP contribution in [0.2, 0.25) is 0 Å². The zero-order valence-electron chi connectivity index (χ0n) is 52.8. The van der Waals surface area contributed by atoms with Crippen LogP contribution < -0.4 is 81.4 Å². The van der Waals surface area contributed by atoms with Crippen LogP contribution in [0.15, 0.2) is 30.3 Å². The van der Waals surface area contributed by atoms with Gasteiger partial charge in [0.2, 0.25) is 65.0 Å². The predicted molar refractivity (Wildman–Crippen MR) is 330 cm³/mol. The van der Waals surface area contributed by atoms with E-state index in [9.17, 15) is 63.0 Å². The smallest absolute Gasteiger partial charge is 0.245 e. The Hall–Kier alpha value is -6.89. The van der Waals surface area contributed by atoms with Crippen molar-refractivity contribution >= 4 is 65.0 Å². The summed E-state index contributed by atoms with van der Waals surface area (Å²) >= 11 is 0. The first-order valence-corrected chi connectivity index (χ1v) is 31.0. The molecule has 0 aliphatic carbocycles. The summed E-state index contributed by atoms with van der Waals surface area (Å²) in [5, 5.41) is 50.4. The van der Waals surface area contributed by atoms with E-state index in [0.29, 0.717) is 37.5 Å². The number of nitrogens with one attached hydrogen (secondary N) is 11. The van der Waals surface area contributed by atoms with Crippen LogP contribution in [0.4, 0.5) is 0 Å². The zero-order chi connectivity index (χ0) is 66.0. The van der Waals surface area contributed by atoms with Crippen molar-refractivity contribution in [2.75, 3.05) is 52.4 Å². The van der Waals surface area contributed by atoms with Gasteiger partial charge in [0.1, 0.15) is 60.4 Å². The van der Waals surface area contributed by atoms with Gasteiger partial charge in [0.05, 0.1) is 12.2 Å². The Morgan fingerprint density at radius 1 is 0.568 bits per heavy atom. The van der Waals surface area contributed by atoms with Crippen LogP contribution in [0, 0.1) is 11.8 Å². The second-order valence-electron chi connectivity index (χ2n) is 23.2. The number of rotatable bonds is 31. The van der Waals surface area contributed by atoms with Gasteiger partial charge in [-0.1, -0.05) is 84.7 Å². The third-order valence-electron chi connectivity index (χ3n) is 14.8. The number of carbonyl (C=O) groups is 11. The fraction of sp³-hybridized carbons (Fsp3) is 0.712. The minimum Gasteiger partial charge on any atom is -0.391 e. The average Bonchev–Trinajstić information content (AvgIpc) is 3.59. The lowest BCUT2D eigenvalue weighted by molar-refractivity contribution is -0.137. The molecule has 1 aliphatic rings. The van der Waals surface area contributed by atoms with Crippen molar-refractivity contribution in [2.45, 2.75) is 205 Å². The van der Waals surface area contributed by atoms with Gasteiger partial charge in [0.15, 0.2) is 0 Å². The van der Waals surface area contributed by atoms with Crippen molar-refractivity contribution in [1.82, 2.24) is 63.4 Å². The fourth-order valence-electron chi connectivity index (χ4n) is 9.66. The first-order valence-electron chi connectivity index (χ1n) is 31.0. The highest BCUT2D eigenvalue weighted by Crippen LogP contribution is 2.13. The zero-order valence-corrected chi connectivity index (χ0v) is 52.8. The van der Waals surface area contributed by atoms with E-state index in [-0.39, 0.29) is 83.5 Å². The molecule has 1 heterocycles. The Labute approximate surface area is 517 Å². The van der Waals surface area contributed by atoms with Crippen molar-refractivity contribution in [3.8, 4) is 0 Å². The van der Waals surface area contributed by atoms with E-state index >= 15 is 0 Å². The van der Waals surface area contributed by atoms with Gasteiger partial charge in [-0.25, -0.2) is 0 Å². The monoisotopic (exact) mass is 1240 g/mol. The lowest BCUT2D eigenvalue weighted by atomic mass is 10.00. The number of aliphatic hydroxyl groups is 2. The molecule has 88 heavy (non-hydrogen) atoms. The molecule has 1 aromatic rings. The van der Waals surface area contributed by atoms with E-state index in [0.717, 1.165) is 12.8 Å². The summed E-state index contributed by atoms with van der Waals surface area (Å²) in [6.07, 6.45) is -1.83. The minimum absolute atomic E-state index is 0.00653. The van der Waals surface area contributed by atoms with E-state index in [2.05, 4.69) is 72.3 Å². The Kier molecular flexibility index (Phi) is 36.3. The molecular weight excluding hydrogens is 1140 g/mol. The molecule has 498 valence electrons. The average molecular weight is 1250 g/mol. The maximum Gasteiger partial charge on any atom is 0.245 e. The maximum atomic E-state index is 14.6. The summed E-state index contributed by atoms with van der Waals surface area (Å²) in [5.74, 6) is -9.28. The number of benzene rings is 1. The number of aliphatic hydroxyl groups excluding tert-OH is 2. The Morgan fingerprint density at radius 3 is 1.60 bits per heavy atom. The number of nitrogens with two attached hydrogens (primary N) is 4. The number of unbranched alkanes of at least 4 members (excludes halogenated alkanes) is 1. The molecule has 0 aromatic heterocycles. The summed E-state index contributed by atoms with van der Waals surface area (Å²) in [4.78, 5) is 157. The molecule has 1 aliphatic heterocycles. The molecule has 29 heteroatoms. The summed E-state index contributed by atoms with van der Waals surface area (Å²) in [6.45, 7) is 14.5. The van der Waals surface area contributed by atoms with Gasteiger partial charge < -0.3 is 96.5 Å². The second kappa shape index (κ2) is 41.4. The quantitative estimate of drug-likeness (QED) is 0.0313. The van der Waals surface area contributed by atoms with Crippen LogP contribution in [0.3, 0.4) is 0 Å². The first-order chi connectivity index (χ1) is 41.7. The van der Waals surface area contributed by atoms with Crippen LogP contribution in [0.25, 0.3) is 0 Å².